The fourth-order valence-corrected chi connectivity index (χ4v) is 8.17. The number of Topliss-reactive ketones (excluding diaryl/α,β-unsaturated/α-hetero) is 1. The van der Waals surface area contributed by atoms with E-state index in [4.69, 9.17) is 0 Å². The molecule has 1 unspecified atom stereocenters. The summed E-state index contributed by atoms with van der Waals surface area (Å²) in [6.45, 7) is 3.83. The van der Waals surface area contributed by atoms with Crippen LogP contribution in [0.4, 0.5) is 4.39 Å². The fraction of sp³-hybridized carbons (Fsp3) is 0.333. The van der Waals surface area contributed by atoms with Crippen molar-refractivity contribution in [2.24, 2.45) is 11.3 Å². The smallest absolute Gasteiger partial charge is 0.188 e. The standard InChI is InChI=1S/C30H29FN4O3S/c1-19-3-10-24(11-4-19)39(37,38)25-12-5-21-16-28-27(33-34-35(28)23-8-6-22(31)7-9-23)18-30(21,17-25)29(36)26-15-20(2)13-14-32-26/h3-4,6-11,13-15,21,25H,5,12,16-18H2,1-2H3/t21?,25-,30+/m0/s1. The Labute approximate surface area is 227 Å². The van der Waals surface area contributed by atoms with Crippen LogP contribution in [0.2, 0.25) is 0 Å². The zero-order valence-corrected chi connectivity index (χ0v) is 22.7. The molecule has 200 valence electrons. The highest BCUT2D eigenvalue weighted by atomic mass is 32.2. The minimum absolute atomic E-state index is 0.109. The van der Waals surface area contributed by atoms with Gasteiger partial charge in [-0.25, -0.2) is 17.5 Å². The molecule has 0 radical (unpaired) electrons. The highest BCUT2D eigenvalue weighted by molar-refractivity contribution is 7.92. The molecule has 7 nitrogen and oxygen atoms in total. The number of aromatic nitrogens is 4. The number of sulfone groups is 1. The van der Waals surface area contributed by atoms with E-state index in [-0.39, 0.29) is 35.3 Å². The van der Waals surface area contributed by atoms with Gasteiger partial charge in [0.05, 0.1) is 27.2 Å². The fourth-order valence-electron chi connectivity index (χ4n) is 6.31. The van der Waals surface area contributed by atoms with Gasteiger partial charge < -0.3 is 0 Å². The highest BCUT2D eigenvalue weighted by Gasteiger charge is 2.55. The van der Waals surface area contributed by atoms with Crippen LogP contribution in [0.1, 0.15) is 52.3 Å². The van der Waals surface area contributed by atoms with Crippen LogP contribution in [0, 0.1) is 31.0 Å². The van der Waals surface area contributed by atoms with Gasteiger partial charge >= 0.3 is 0 Å². The van der Waals surface area contributed by atoms with Crippen molar-refractivity contribution >= 4 is 15.6 Å². The van der Waals surface area contributed by atoms with Crippen molar-refractivity contribution in [2.75, 3.05) is 0 Å². The lowest BCUT2D eigenvalue weighted by molar-refractivity contribution is 0.0483. The van der Waals surface area contributed by atoms with Crippen LogP contribution < -0.4 is 0 Å². The molecule has 2 aliphatic carbocycles. The first-order chi connectivity index (χ1) is 18.7. The number of nitrogens with zero attached hydrogens (tertiary/aromatic N) is 4. The molecule has 9 heteroatoms. The largest absolute Gasteiger partial charge is 0.292 e. The third-order valence-electron chi connectivity index (χ3n) is 8.44. The Balaban J connectivity index is 1.43. The second-order valence-corrected chi connectivity index (χ2v) is 13.1. The third kappa shape index (κ3) is 4.38. The van der Waals surface area contributed by atoms with Crippen molar-refractivity contribution in [2.45, 2.75) is 56.1 Å². The Morgan fingerprint density at radius 2 is 1.74 bits per heavy atom. The third-order valence-corrected chi connectivity index (χ3v) is 10.6. The topological polar surface area (TPSA) is 94.8 Å². The quantitative estimate of drug-likeness (QED) is 0.327. The van der Waals surface area contributed by atoms with Crippen LogP contribution in [0.3, 0.4) is 0 Å². The summed E-state index contributed by atoms with van der Waals surface area (Å²) in [5, 5.41) is 8.10. The van der Waals surface area contributed by atoms with Crippen molar-refractivity contribution in [3.63, 3.8) is 0 Å². The second-order valence-electron chi connectivity index (χ2n) is 10.9. The molecule has 0 aliphatic heterocycles. The number of hydrogen-bond donors (Lipinski definition) is 0. The summed E-state index contributed by atoms with van der Waals surface area (Å²) in [4.78, 5) is 19.0. The van der Waals surface area contributed by atoms with Gasteiger partial charge in [-0.2, -0.15) is 0 Å². The van der Waals surface area contributed by atoms with Crippen LogP contribution in [0.5, 0.6) is 0 Å². The lowest BCUT2D eigenvalue weighted by atomic mass is 9.57. The van der Waals surface area contributed by atoms with Gasteiger partial charge in [0, 0.05) is 18.0 Å². The van der Waals surface area contributed by atoms with Crippen LogP contribution in [0.25, 0.3) is 5.69 Å². The zero-order chi connectivity index (χ0) is 27.4. The molecule has 2 aromatic carbocycles. The molecule has 6 rings (SSSR count). The van der Waals surface area contributed by atoms with E-state index in [9.17, 15) is 17.6 Å². The Bertz CT molecular complexity index is 1670. The first kappa shape index (κ1) is 25.6. The second kappa shape index (κ2) is 9.48. The maximum absolute atomic E-state index is 14.3. The maximum Gasteiger partial charge on any atom is 0.188 e. The molecule has 0 bridgehead atoms. The van der Waals surface area contributed by atoms with Crippen molar-refractivity contribution in [3.8, 4) is 5.69 Å². The number of benzene rings is 2. The number of carbonyl (C=O) groups is 1. The van der Waals surface area contributed by atoms with Gasteiger partial charge in [-0.1, -0.05) is 22.9 Å². The Kier molecular flexibility index (Phi) is 6.21. The molecule has 0 spiro atoms. The van der Waals surface area contributed by atoms with Gasteiger partial charge in [-0.15, -0.1) is 5.10 Å². The Hall–Kier alpha value is -3.72. The summed E-state index contributed by atoms with van der Waals surface area (Å²) >= 11 is 0. The average Bonchev–Trinajstić information content (AvgIpc) is 3.34. The lowest BCUT2D eigenvalue weighted by Crippen LogP contribution is -2.51. The first-order valence-corrected chi connectivity index (χ1v) is 14.7. The summed E-state index contributed by atoms with van der Waals surface area (Å²) in [5.74, 6) is -0.583. The van der Waals surface area contributed by atoms with Gasteiger partial charge in [0.2, 0.25) is 0 Å². The normalized spacial score (nSPS) is 22.6. The minimum atomic E-state index is -3.66. The summed E-state index contributed by atoms with van der Waals surface area (Å²) in [6.07, 6.45) is 3.66. The van der Waals surface area contributed by atoms with Crippen molar-refractivity contribution < 1.29 is 17.6 Å². The van der Waals surface area contributed by atoms with E-state index in [2.05, 4.69) is 15.3 Å². The molecule has 39 heavy (non-hydrogen) atoms. The zero-order valence-electron chi connectivity index (χ0n) is 21.8. The monoisotopic (exact) mass is 544 g/mol. The molecule has 0 N–H and O–H groups in total. The average molecular weight is 545 g/mol. The molecule has 0 saturated heterocycles. The first-order valence-electron chi connectivity index (χ1n) is 13.1. The Morgan fingerprint density at radius 1 is 1.00 bits per heavy atom. The van der Waals surface area contributed by atoms with E-state index in [1.165, 1.54) is 12.1 Å². The van der Waals surface area contributed by atoms with Crippen molar-refractivity contribution in [3.05, 3.63) is 101 Å². The number of aryl methyl sites for hydroxylation is 2. The van der Waals surface area contributed by atoms with Gasteiger partial charge in [0.1, 0.15) is 11.5 Å². The van der Waals surface area contributed by atoms with E-state index in [0.29, 0.717) is 36.3 Å². The van der Waals surface area contributed by atoms with Gasteiger partial charge in [-0.05, 0) is 99.5 Å². The van der Waals surface area contributed by atoms with Gasteiger partial charge in [0.15, 0.2) is 15.6 Å². The van der Waals surface area contributed by atoms with E-state index in [1.807, 2.05) is 19.9 Å². The molecule has 2 aromatic heterocycles. The SMILES string of the molecule is Cc1ccc(S(=O)(=O)[C@H]2CCC3Cc4c(nnn4-c4ccc(F)cc4)C[C@]3(C(=O)c3cc(C)ccn3)C2)cc1. The lowest BCUT2D eigenvalue weighted by Gasteiger charge is -2.47. The summed E-state index contributed by atoms with van der Waals surface area (Å²) in [6, 6.07) is 16.6. The number of rotatable bonds is 5. The van der Waals surface area contributed by atoms with Crippen LogP contribution >= 0.6 is 0 Å². The molecule has 2 heterocycles. The summed E-state index contributed by atoms with van der Waals surface area (Å²) < 4.78 is 42.9. The van der Waals surface area contributed by atoms with Crippen LogP contribution in [-0.2, 0) is 22.7 Å². The van der Waals surface area contributed by atoms with Gasteiger partial charge in [0.25, 0.3) is 0 Å². The molecule has 2 aliphatic rings. The van der Waals surface area contributed by atoms with Crippen LogP contribution in [0.15, 0.2) is 71.8 Å². The molecule has 1 fully saturated rings. The van der Waals surface area contributed by atoms with Gasteiger partial charge in [-0.3, -0.25) is 9.78 Å². The molecular weight excluding hydrogens is 515 g/mol. The number of pyridine rings is 1. The molecule has 1 saturated carbocycles. The number of ketones is 1. The van der Waals surface area contributed by atoms with E-state index < -0.39 is 20.5 Å². The predicted octanol–water partition coefficient (Wildman–Crippen LogP) is 5.03. The minimum Gasteiger partial charge on any atom is -0.292 e. The van der Waals surface area contributed by atoms with E-state index in [1.54, 1.807) is 53.3 Å². The maximum atomic E-state index is 14.3. The molecular formula is C30H29FN4O3S. The molecule has 4 aromatic rings. The Morgan fingerprint density at radius 3 is 2.46 bits per heavy atom. The van der Waals surface area contributed by atoms with Crippen molar-refractivity contribution in [1.29, 1.82) is 0 Å². The predicted molar refractivity (Wildman–Crippen MR) is 144 cm³/mol. The number of fused-ring (bicyclic) bond motifs is 2. The van der Waals surface area contributed by atoms with E-state index >= 15 is 0 Å². The highest BCUT2D eigenvalue weighted by Crippen LogP contribution is 2.52. The number of hydrogen-bond acceptors (Lipinski definition) is 6. The van der Waals surface area contributed by atoms with E-state index in [0.717, 1.165) is 16.8 Å². The number of carbonyl (C=O) groups excluding carboxylic acids is 1. The summed E-state index contributed by atoms with van der Waals surface area (Å²) in [7, 11) is -3.66. The molecule has 0 amide bonds. The van der Waals surface area contributed by atoms with Crippen LogP contribution in [-0.4, -0.2) is 39.4 Å². The molecule has 3 atom stereocenters. The number of halogens is 1. The summed E-state index contributed by atoms with van der Waals surface area (Å²) in [5.41, 5.74) is 3.52. The van der Waals surface area contributed by atoms with Crippen molar-refractivity contribution in [1.82, 2.24) is 20.0 Å².